The molecule has 6 aliphatic rings. The van der Waals surface area contributed by atoms with Crippen molar-refractivity contribution in [2.45, 2.75) is 358 Å². The van der Waals surface area contributed by atoms with Crippen molar-refractivity contribution in [2.75, 3.05) is 39.3 Å². The van der Waals surface area contributed by atoms with Gasteiger partial charge in [-0.25, -0.2) is 4.39 Å². The standard InChI is InChI=1S/C13H14.4C10H14.C9H11F.2C8H17N.C7H15N.2C7H14.C6H12.CH4/c1-10(2)12-8-7-11-5-3-4-6-13(11)9-12;2*1-8(2)10-6-4-9(3)5-7-10;2*1-8(2)10-7-5-4-6-9(10)3;1-7(2)8-5-3-4-6-9(8)10;2*1-8(2)9-6-4-3-5-7-9;1-7(2)8-5-3-4-6-8;1-6(2)7(3)4-5-7;1-6(2)5-7-3-4-7;1-5(2)6-3-4-6;/h3-10H,1-2H3;4*4-8H,1-3H3;3-7H,1-2H3;2*8H,3-7H2,1-2H3;7H,3-6H2,1-2H3;6H,4-5H2,1-3H3;6-7H,3-5H2,1-2H3;5-6H,3-4H2,1-2H3;1H4. The molecule has 0 spiro atoms. The van der Waals surface area contributed by atoms with Crippen molar-refractivity contribution in [1.82, 2.24) is 14.7 Å². The molecule has 13 rings (SSSR count). The smallest absolute Gasteiger partial charge is 0.126 e. The highest BCUT2D eigenvalue weighted by atomic mass is 19.1. The second kappa shape index (κ2) is 56.8. The highest BCUT2D eigenvalue weighted by Gasteiger charge is 2.39. The number of piperidine rings is 2. The maximum Gasteiger partial charge on any atom is 0.126 e. The van der Waals surface area contributed by atoms with Crippen LogP contribution in [0.15, 0.2) is 164 Å². The Morgan fingerprint density at radius 2 is 0.664 bits per heavy atom. The van der Waals surface area contributed by atoms with Crippen molar-refractivity contribution in [2.24, 2.45) is 35.0 Å². The van der Waals surface area contributed by atoms with Crippen LogP contribution in [0.25, 0.3) is 10.8 Å². The van der Waals surface area contributed by atoms with Crippen molar-refractivity contribution < 1.29 is 4.39 Å². The van der Waals surface area contributed by atoms with E-state index in [4.69, 9.17) is 0 Å². The second-order valence-corrected chi connectivity index (χ2v) is 36.8. The van der Waals surface area contributed by atoms with E-state index in [0.29, 0.717) is 29.6 Å². The molecule has 3 aliphatic heterocycles. The normalized spacial score (nSPS) is 15.7. The van der Waals surface area contributed by atoms with Crippen molar-refractivity contribution in [3.8, 4) is 0 Å². The van der Waals surface area contributed by atoms with Crippen LogP contribution < -0.4 is 0 Å². The molecule has 7 aromatic carbocycles. The summed E-state index contributed by atoms with van der Waals surface area (Å²) < 4.78 is 12.8. The van der Waals surface area contributed by atoms with Crippen molar-refractivity contribution in [1.29, 1.82) is 0 Å². The van der Waals surface area contributed by atoms with E-state index in [1.807, 2.05) is 26.0 Å². The summed E-state index contributed by atoms with van der Waals surface area (Å²) in [4.78, 5) is 7.65. The minimum atomic E-state index is -0.0995. The topological polar surface area (TPSA) is 9.72 Å². The van der Waals surface area contributed by atoms with Crippen LogP contribution in [0.3, 0.4) is 0 Å². The van der Waals surface area contributed by atoms with E-state index in [0.717, 1.165) is 58.7 Å². The van der Waals surface area contributed by atoms with E-state index < -0.39 is 0 Å². The van der Waals surface area contributed by atoms with Crippen LogP contribution in [-0.4, -0.2) is 72.1 Å². The lowest BCUT2D eigenvalue weighted by molar-refractivity contribution is 0.185. The molecule has 6 fully saturated rings. The predicted octanol–water partition coefficient (Wildman–Crippen LogP) is 32.2. The first kappa shape index (κ1) is 103. The molecule has 0 amide bonds. The SMILES string of the molecule is C.CC(C)C1(C)CC1.CC(C)C1CC1.CC(C)CC1CC1.CC(C)N1CCCC1.CC(C)N1CCCCC1.CC(C)N1CCCCC1.CC(C)c1ccc2ccccc2c1.CC(C)c1ccccc1F.Cc1ccc(C(C)C)cc1.Cc1ccc(C(C)C)cc1.Cc1ccccc1C(C)C.Cc1ccccc1C(C)C. The lowest BCUT2D eigenvalue weighted by atomic mass is 9.95. The average molecular weight is 1510 g/mol. The van der Waals surface area contributed by atoms with Gasteiger partial charge in [0.1, 0.15) is 5.82 Å². The van der Waals surface area contributed by atoms with Crippen LogP contribution >= 0.6 is 0 Å². The molecule has 3 heterocycles. The van der Waals surface area contributed by atoms with Crippen molar-refractivity contribution in [3.05, 3.63) is 225 Å². The summed E-state index contributed by atoms with van der Waals surface area (Å²) >= 11 is 0. The van der Waals surface area contributed by atoms with Gasteiger partial charge in [-0.05, 0) is 311 Å². The molecule has 3 aliphatic carbocycles. The maximum atomic E-state index is 12.8. The van der Waals surface area contributed by atoms with Gasteiger partial charge >= 0.3 is 0 Å². The largest absolute Gasteiger partial charge is 0.301 e. The highest BCUT2D eigenvalue weighted by Crippen LogP contribution is 2.51. The second-order valence-electron chi connectivity index (χ2n) is 36.8. The van der Waals surface area contributed by atoms with Crippen LogP contribution in [-0.2, 0) is 0 Å². The Morgan fingerprint density at radius 1 is 0.345 bits per heavy atom. The highest BCUT2D eigenvalue weighted by molar-refractivity contribution is 5.83. The zero-order valence-corrected chi connectivity index (χ0v) is 76.2. The summed E-state index contributed by atoms with van der Waals surface area (Å²) in [6, 6.07) is 58.9. The quantitative estimate of drug-likeness (QED) is 0.114. The molecule has 0 unspecified atom stereocenters. The molecule has 3 nitrogen and oxygen atoms in total. The zero-order valence-electron chi connectivity index (χ0n) is 76.2. The number of rotatable bonds is 13. The van der Waals surface area contributed by atoms with Crippen LogP contribution in [0.2, 0.25) is 0 Å². The third-order valence-corrected chi connectivity index (χ3v) is 22.7. The van der Waals surface area contributed by atoms with Gasteiger partial charge in [0, 0.05) is 18.1 Å². The molecule has 0 radical (unpaired) electrons. The Labute approximate surface area is 683 Å². The molecule has 7 aromatic rings. The Morgan fingerprint density at radius 3 is 0.891 bits per heavy atom. The van der Waals surface area contributed by atoms with Gasteiger partial charge in [-0.1, -0.05) is 334 Å². The minimum Gasteiger partial charge on any atom is -0.301 e. The Kier molecular flexibility index (Phi) is 53.0. The number of benzene rings is 7. The molecule has 3 saturated heterocycles. The summed E-state index contributed by atoms with van der Waals surface area (Å²) in [5.74, 6) is 8.45. The first-order valence-electron chi connectivity index (χ1n) is 44.2. The molecule has 0 atom stereocenters. The van der Waals surface area contributed by atoms with Crippen LogP contribution in [0, 0.1) is 68.5 Å². The third kappa shape index (κ3) is 46.1. The van der Waals surface area contributed by atoms with E-state index in [2.05, 4.69) is 341 Å². The Bertz CT molecular complexity index is 3160. The first-order chi connectivity index (χ1) is 51.5. The lowest BCUT2D eigenvalue weighted by Gasteiger charge is -2.29. The van der Waals surface area contributed by atoms with E-state index >= 15 is 0 Å². The van der Waals surface area contributed by atoms with Crippen LogP contribution in [0.5, 0.6) is 0 Å². The van der Waals surface area contributed by atoms with Gasteiger partial charge in [0.25, 0.3) is 0 Å². The first-order valence-corrected chi connectivity index (χ1v) is 44.2. The minimum absolute atomic E-state index is 0. The molecule has 4 heteroatoms. The van der Waals surface area contributed by atoms with E-state index in [1.165, 1.54) is 202 Å². The van der Waals surface area contributed by atoms with Crippen molar-refractivity contribution >= 4 is 10.8 Å². The summed E-state index contributed by atoms with van der Waals surface area (Å²) in [5, 5.41) is 2.67. The van der Waals surface area contributed by atoms with Crippen LogP contribution in [0.1, 0.15) is 368 Å². The van der Waals surface area contributed by atoms with Crippen molar-refractivity contribution in [3.63, 3.8) is 0 Å². The number of likely N-dealkylation sites (tertiary alicyclic amines) is 3. The monoisotopic (exact) mass is 1510 g/mol. The van der Waals surface area contributed by atoms with E-state index in [9.17, 15) is 4.39 Å². The number of hydrogen-bond donors (Lipinski definition) is 0. The van der Waals surface area contributed by atoms with Gasteiger partial charge < -0.3 is 14.7 Å². The number of halogens is 1. The fourth-order valence-corrected chi connectivity index (χ4v) is 13.6. The summed E-state index contributed by atoms with van der Waals surface area (Å²) in [5.41, 5.74) is 14.2. The van der Waals surface area contributed by atoms with Gasteiger partial charge in [0.05, 0.1) is 0 Å². The number of hydrogen-bond acceptors (Lipinski definition) is 3. The molecular weight excluding hydrogens is 1330 g/mol. The molecular formula is C106H174FN3. The van der Waals surface area contributed by atoms with Gasteiger partial charge in [-0.2, -0.15) is 0 Å². The van der Waals surface area contributed by atoms with E-state index in [-0.39, 0.29) is 19.2 Å². The van der Waals surface area contributed by atoms with E-state index in [1.54, 1.807) is 6.07 Å². The van der Waals surface area contributed by atoms with Crippen LogP contribution in [0.4, 0.5) is 4.39 Å². The summed E-state index contributed by atoms with van der Waals surface area (Å²) in [6.45, 7) is 72.6. The number of nitrogens with zero attached hydrogens (tertiary/aromatic N) is 3. The van der Waals surface area contributed by atoms with Gasteiger partial charge in [0.15, 0.2) is 0 Å². The third-order valence-electron chi connectivity index (χ3n) is 22.7. The molecule has 0 bridgehead atoms. The molecule has 0 aromatic heterocycles. The molecule has 3 saturated carbocycles. The lowest BCUT2D eigenvalue weighted by Crippen LogP contribution is -2.35. The van der Waals surface area contributed by atoms with Gasteiger partial charge in [-0.3, -0.25) is 0 Å². The fraction of sp³-hybridized carbons (Fsp3) is 0.623. The Balaban J connectivity index is 0.000000602. The molecule has 620 valence electrons. The summed E-state index contributed by atoms with van der Waals surface area (Å²) in [6.07, 6.45) is 21.8. The molecule has 110 heavy (non-hydrogen) atoms. The number of aryl methyl sites for hydroxylation is 4. The van der Waals surface area contributed by atoms with Gasteiger partial charge in [0.2, 0.25) is 0 Å². The summed E-state index contributed by atoms with van der Waals surface area (Å²) in [7, 11) is 0. The fourth-order valence-electron chi connectivity index (χ4n) is 13.6. The molecule has 0 N–H and O–H groups in total. The van der Waals surface area contributed by atoms with Gasteiger partial charge in [-0.15, -0.1) is 0 Å². The zero-order chi connectivity index (χ0) is 81.8. The Hall–Kier alpha value is -5.39. The maximum absolute atomic E-state index is 12.8. The predicted molar refractivity (Wildman–Crippen MR) is 495 cm³/mol. The average Bonchev–Trinajstić information content (AvgIpc) is 1.64. The number of fused-ring (bicyclic) bond motifs is 1.